The number of halogens is 2. The summed E-state index contributed by atoms with van der Waals surface area (Å²) in [6.07, 6.45) is -0.115. The normalized spacial score (nSPS) is 11.9. The summed E-state index contributed by atoms with van der Waals surface area (Å²) in [6, 6.07) is 2.10. The van der Waals surface area contributed by atoms with Crippen molar-refractivity contribution in [3.05, 3.63) is 34.6 Å². The third-order valence-corrected chi connectivity index (χ3v) is 2.49. The molecule has 0 fully saturated rings. The van der Waals surface area contributed by atoms with E-state index in [2.05, 4.69) is 5.32 Å². The van der Waals surface area contributed by atoms with Crippen molar-refractivity contribution in [1.82, 2.24) is 5.32 Å². The molecule has 7 heteroatoms. The molecule has 98 valence electrons. The third-order valence-electron chi connectivity index (χ3n) is 2.20. The highest BCUT2D eigenvalue weighted by Crippen LogP contribution is 2.16. The van der Waals surface area contributed by atoms with Gasteiger partial charge in [-0.3, -0.25) is 4.79 Å². The average molecular weight is 276 g/mol. The van der Waals surface area contributed by atoms with E-state index in [1.54, 1.807) is 0 Å². The summed E-state index contributed by atoms with van der Waals surface area (Å²) in [4.78, 5) is 22.4. The average Bonchev–Trinajstić information content (AvgIpc) is 2.31. The van der Waals surface area contributed by atoms with Gasteiger partial charge in [-0.05, 0) is 18.2 Å². The molecule has 1 atom stereocenters. The summed E-state index contributed by atoms with van der Waals surface area (Å²) in [5.41, 5.74) is 0.0468. The van der Waals surface area contributed by atoms with Crippen molar-refractivity contribution in [1.29, 1.82) is 0 Å². The van der Waals surface area contributed by atoms with Gasteiger partial charge in [-0.25, -0.2) is 9.18 Å². The largest absolute Gasteiger partial charge is 0.480 e. The molecule has 0 aromatic heterocycles. The number of benzene rings is 1. The molecular weight excluding hydrogens is 265 g/mol. The van der Waals surface area contributed by atoms with Gasteiger partial charge in [-0.2, -0.15) is 0 Å². The molecule has 1 aromatic carbocycles. The molecule has 18 heavy (non-hydrogen) atoms. The number of amides is 1. The second-order valence-corrected chi connectivity index (χ2v) is 3.91. The van der Waals surface area contributed by atoms with E-state index in [1.165, 1.54) is 6.07 Å². The van der Waals surface area contributed by atoms with Gasteiger partial charge in [0.1, 0.15) is 11.9 Å². The second-order valence-electron chi connectivity index (χ2n) is 3.51. The first-order valence-electron chi connectivity index (χ1n) is 5.05. The molecule has 0 saturated heterocycles. The molecule has 0 aliphatic heterocycles. The first-order valence-corrected chi connectivity index (χ1v) is 5.43. The molecule has 0 aliphatic carbocycles. The summed E-state index contributed by atoms with van der Waals surface area (Å²) in [7, 11) is 0. The van der Waals surface area contributed by atoms with Crippen molar-refractivity contribution in [2.45, 2.75) is 12.5 Å². The Morgan fingerprint density at radius 3 is 2.61 bits per heavy atom. The summed E-state index contributed by atoms with van der Waals surface area (Å²) >= 11 is 5.51. The van der Waals surface area contributed by atoms with Gasteiger partial charge in [-0.1, -0.05) is 11.6 Å². The Balaban J connectivity index is 2.80. The Morgan fingerprint density at radius 2 is 2.11 bits per heavy atom. The lowest BCUT2D eigenvalue weighted by Gasteiger charge is -2.13. The van der Waals surface area contributed by atoms with Gasteiger partial charge in [0.2, 0.25) is 0 Å². The topological polar surface area (TPSA) is 86.6 Å². The Kier molecular flexibility index (Phi) is 5.06. The van der Waals surface area contributed by atoms with Crippen LogP contribution in [-0.2, 0) is 4.79 Å². The fraction of sp³-hybridized carbons (Fsp3) is 0.273. The maximum Gasteiger partial charge on any atom is 0.326 e. The van der Waals surface area contributed by atoms with E-state index in [1.807, 2.05) is 0 Å². The minimum atomic E-state index is -1.26. The van der Waals surface area contributed by atoms with E-state index in [-0.39, 0.29) is 23.6 Å². The lowest BCUT2D eigenvalue weighted by Crippen LogP contribution is -2.41. The summed E-state index contributed by atoms with van der Waals surface area (Å²) < 4.78 is 12.9. The molecule has 0 bridgehead atoms. The highest BCUT2D eigenvalue weighted by atomic mass is 35.5. The standard InChI is InChI=1S/C11H11ClFNO4/c12-7-5-6(1-2-8(7)13)10(16)14-9(3-4-15)11(17)18/h1-2,5,9,15H,3-4H2,(H,14,16)(H,17,18)/t9-/m1/s1. The number of carbonyl (C=O) groups excluding carboxylic acids is 1. The van der Waals surface area contributed by atoms with Gasteiger partial charge in [0.15, 0.2) is 0 Å². The number of carboxylic acid groups (broad SMARTS) is 1. The molecule has 1 amide bonds. The molecule has 0 aliphatic rings. The van der Waals surface area contributed by atoms with Crippen LogP contribution < -0.4 is 5.32 Å². The molecule has 5 nitrogen and oxygen atoms in total. The predicted octanol–water partition coefficient (Wildman–Crippen LogP) is 1.04. The van der Waals surface area contributed by atoms with E-state index < -0.39 is 23.7 Å². The minimum absolute atomic E-state index is 0.0468. The summed E-state index contributed by atoms with van der Waals surface area (Å²) in [5.74, 6) is -2.62. The zero-order chi connectivity index (χ0) is 13.7. The van der Waals surface area contributed by atoms with Gasteiger partial charge in [0, 0.05) is 18.6 Å². The van der Waals surface area contributed by atoms with Gasteiger partial charge >= 0.3 is 5.97 Å². The van der Waals surface area contributed by atoms with Crippen LogP contribution in [0.5, 0.6) is 0 Å². The van der Waals surface area contributed by atoms with Crippen LogP contribution in [0.25, 0.3) is 0 Å². The van der Waals surface area contributed by atoms with Gasteiger partial charge in [-0.15, -0.1) is 0 Å². The smallest absolute Gasteiger partial charge is 0.326 e. The zero-order valence-corrected chi connectivity index (χ0v) is 9.95. The molecule has 0 spiro atoms. The van der Waals surface area contributed by atoms with Crippen molar-refractivity contribution in [2.24, 2.45) is 0 Å². The molecule has 1 rings (SSSR count). The Hall–Kier alpha value is -1.66. The van der Waals surface area contributed by atoms with Crippen molar-refractivity contribution in [2.75, 3.05) is 6.61 Å². The Labute approximate surface area is 107 Å². The van der Waals surface area contributed by atoms with E-state index in [0.29, 0.717) is 0 Å². The van der Waals surface area contributed by atoms with Crippen LogP contribution in [0, 0.1) is 5.82 Å². The maximum atomic E-state index is 12.9. The van der Waals surface area contributed by atoms with Crippen molar-refractivity contribution >= 4 is 23.5 Å². The number of hydrogen-bond donors (Lipinski definition) is 3. The van der Waals surface area contributed by atoms with Crippen LogP contribution in [0.1, 0.15) is 16.8 Å². The van der Waals surface area contributed by atoms with Crippen molar-refractivity contribution in [3.63, 3.8) is 0 Å². The number of nitrogens with one attached hydrogen (secondary N) is 1. The summed E-state index contributed by atoms with van der Waals surface area (Å²) in [6.45, 7) is -0.374. The monoisotopic (exact) mass is 275 g/mol. The summed E-state index contributed by atoms with van der Waals surface area (Å²) in [5, 5.41) is 19.4. The molecule has 0 saturated carbocycles. The fourth-order valence-corrected chi connectivity index (χ4v) is 1.45. The number of hydrogen-bond acceptors (Lipinski definition) is 3. The Morgan fingerprint density at radius 1 is 1.44 bits per heavy atom. The van der Waals surface area contributed by atoms with Crippen LogP contribution in [0.15, 0.2) is 18.2 Å². The molecule has 3 N–H and O–H groups in total. The molecule has 1 aromatic rings. The highest BCUT2D eigenvalue weighted by molar-refractivity contribution is 6.31. The second kappa shape index (κ2) is 6.32. The zero-order valence-electron chi connectivity index (χ0n) is 9.19. The lowest BCUT2D eigenvalue weighted by atomic mass is 10.1. The molecule has 0 radical (unpaired) electrons. The first kappa shape index (κ1) is 14.4. The maximum absolute atomic E-state index is 12.9. The highest BCUT2D eigenvalue weighted by Gasteiger charge is 2.20. The van der Waals surface area contributed by atoms with Crippen LogP contribution in [-0.4, -0.2) is 34.7 Å². The van der Waals surface area contributed by atoms with E-state index in [9.17, 15) is 14.0 Å². The molecule has 0 heterocycles. The SMILES string of the molecule is O=C(N[C@H](CCO)C(=O)O)c1ccc(F)c(Cl)c1. The van der Waals surface area contributed by atoms with E-state index in [4.69, 9.17) is 21.8 Å². The quantitative estimate of drug-likeness (QED) is 0.749. The predicted molar refractivity (Wildman–Crippen MR) is 62.0 cm³/mol. The van der Waals surface area contributed by atoms with Gasteiger partial charge in [0.25, 0.3) is 5.91 Å². The molecular formula is C11H11ClFNO4. The minimum Gasteiger partial charge on any atom is -0.480 e. The number of aliphatic hydroxyl groups is 1. The van der Waals surface area contributed by atoms with E-state index >= 15 is 0 Å². The van der Waals surface area contributed by atoms with Gasteiger partial charge < -0.3 is 15.5 Å². The van der Waals surface area contributed by atoms with Crippen LogP contribution in [0.2, 0.25) is 5.02 Å². The van der Waals surface area contributed by atoms with Crippen LogP contribution in [0.3, 0.4) is 0 Å². The van der Waals surface area contributed by atoms with E-state index in [0.717, 1.165) is 12.1 Å². The number of aliphatic hydroxyl groups excluding tert-OH is 1. The van der Waals surface area contributed by atoms with Crippen molar-refractivity contribution in [3.8, 4) is 0 Å². The van der Waals surface area contributed by atoms with Gasteiger partial charge in [0.05, 0.1) is 5.02 Å². The van der Waals surface area contributed by atoms with Crippen molar-refractivity contribution < 1.29 is 24.2 Å². The van der Waals surface area contributed by atoms with Crippen LogP contribution in [0.4, 0.5) is 4.39 Å². The van der Waals surface area contributed by atoms with Crippen LogP contribution >= 0.6 is 11.6 Å². The molecule has 0 unspecified atom stereocenters. The first-order chi connectivity index (χ1) is 8.45. The lowest BCUT2D eigenvalue weighted by molar-refractivity contribution is -0.139. The Bertz CT molecular complexity index is 466. The third kappa shape index (κ3) is 3.68. The number of carbonyl (C=O) groups is 2. The number of carboxylic acids is 1. The fourth-order valence-electron chi connectivity index (χ4n) is 1.27. The number of rotatable bonds is 5. The number of aliphatic carboxylic acids is 1.